The molecule has 11 heteroatoms. The second-order valence-corrected chi connectivity index (χ2v) is 12.3. The third-order valence-corrected chi connectivity index (χ3v) is 8.72. The number of para-hydroxylation sites is 1. The van der Waals surface area contributed by atoms with Crippen LogP contribution in [0.4, 0.5) is 0 Å². The highest BCUT2D eigenvalue weighted by Gasteiger charge is 2.40. The second-order valence-electron chi connectivity index (χ2n) is 11.1. The van der Waals surface area contributed by atoms with E-state index in [0.29, 0.717) is 53.2 Å². The number of carbonyl (C=O) groups excluding carboxylic acids is 2. The van der Waals surface area contributed by atoms with E-state index in [4.69, 9.17) is 49.0 Å². The molecule has 2 aliphatic rings. The van der Waals surface area contributed by atoms with Gasteiger partial charge in [0.15, 0.2) is 5.75 Å². The van der Waals surface area contributed by atoms with E-state index in [1.54, 1.807) is 37.4 Å². The Morgan fingerprint density at radius 1 is 0.955 bits per heavy atom. The Hall–Kier alpha value is -3.17. The zero-order valence-electron chi connectivity index (χ0n) is 24.7. The zero-order valence-corrected chi connectivity index (χ0v) is 27.0. The number of nitrogens with zero attached hydrogens (tertiary/aromatic N) is 1. The molecule has 1 saturated heterocycles. The average molecular weight is 661 g/mol. The minimum Gasteiger partial charge on any atom is -0.496 e. The lowest BCUT2D eigenvalue weighted by Crippen LogP contribution is -2.55. The molecule has 0 radical (unpaired) electrons. The topological polar surface area (TPSA) is 89.1 Å². The van der Waals surface area contributed by atoms with Crippen molar-refractivity contribution in [2.45, 2.75) is 44.8 Å². The standard InChI is InChI=1S/C33H36Cl3N3O5/c1-20-15-27(35)31(28(36)16-20)44-14-13-43-23-9-10-24(26(34)17-23)32(40)38-29-11-12-37-18-25(29)33(41)39(22-7-8-22)19-21-5-3-4-6-30(21)42-2/h3-6,9-10,15-17,22,25,29,37H,7-8,11-14,18-19H2,1-2H3,(H,38,40). The molecule has 3 aromatic carbocycles. The summed E-state index contributed by atoms with van der Waals surface area (Å²) in [5.74, 6) is 0.944. The van der Waals surface area contributed by atoms with Gasteiger partial charge in [-0.05, 0) is 74.7 Å². The first-order valence-electron chi connectivity index (χ1n) is 14.7. The molecule has 234 valence electrons. The van der Waals surface area contributed by atoms with Gasteiger partial charge in [0, 0.05) is 30.7 Å². The quantitative estimate of drug-likeness (QED) is 0.221. The summed E-state index contributed by atoms with van der Waals surface area (Å²) in [4.78, 5) is 29.2. The van der Waals surface area contributed by atoms with Crippen LogP contribution in [0.5, 0.6) is 17.2 Å². The van der Waals surface area contributed by atoms with E-state index < -0.39 is 5.92 Å². The molecule has 2 unspecified atom stereocenters. The van der Waals surface area contributed by atoms with E-state index in [9.17, 15) is 9.59 Å². The molecule has 2 amide bonds. The van der Waals surface area contributed by atoms with Crippen molar-refractivity contribution in [2.24, 2.45) is 5.92 Å². The number of amides is 2. The number of nitrogens with one attached hydrogen (secondary N) is 2. The maximum Gasteiger partial charge on any atom is 0.253 e. The van der Waals surface area contributed by atoms with E-state index in [1.165, 1.54) is 0 Å². The smallest absolute Gasteiger partial charge is 0.253 e. The molecule has 0 spiro atoms. The van der Waals surface area contributed by atoms with Crippen molar-refractivity contribution in [3.63, 3.8) is 0 Å². The molecule has 1 saturated carbocycles. The van der Waals surface area contributed by atoms with Gasteiger partial charge in [-0.1, -0.05) is 53.0 Å². The molecule has 0 aromatic heterocycles. The molecular formula is C33H36Cl3N3O5. The molecule has 44 heavy (non-hydrogen) atoms. The van der Waals surface area contributed by atoms with Crippen molar-refractivity contribution >= 4 is 46.6 Å². The predicted molar refractivity (Wildman–Crippen MR) is 172 cm³/mol. The number of hydrogen-bond donors (Lipinski definition) is 2. The van der Waals surface area contributed by atoms with Crippen LogP contribution in [0.1, 0.15) is 40.7 Å². The molecular weight excluding hydrogens is 625 g/mol. The highest BCUT2D eigenvalue weighted by molar-refractivity contribution is 6.37. The number of aryl methyl sites for hydroxylation is 1. The van der Waals surface area contributed by atoms with Gasteiger partial charge in [-0.25, -0.2) is 0 Å². The zero-order chi connectivity index (χ0) is 31.2. The van der Waals surface area contributed by atoms with Gasteiger partial charge in [-0.3, -0.25) is 9.59 Å². The first-order valence-corrected chi connectivity index (χ1v) is 15.8. The Balaban J connectivity index is 1.19. The lowest BCUT2D eigenvalue weighted by Gasteiger charge is -2.36. The third kappa shape index (κ3) is 7.91. The highest BCUT2D eigenvalue weighted by atomic mass is 35.5. The molecule has 1 aliphatic heterocycles. The van der Waals surface area contributed by atoms with Gasteiger partial charge in [-0.15, -0.1) is 0 Å². The van der Waals surface area contributed by atoms with Crippen LogP contribution in [0, 0.1) is 12.8 Å². The molecule has 2 atom stereocenters. The summed E-state index contributed by atoms with van der Waals surface area (Å²) in [5, 5.41) is 7.54. The van der Waals surface area contributed by atoms with Crippen molar-refractivity contribution in [1.29, 1.82) is 0 Å². The van der Waals surface area contributed by atoms with Crippen LogP contribution >= 0.6 is 34.8 Å². The van der Waals surface area contributed by atoms with Crippen LogP contribution in [-0.4, -0.2) is 62.2 Å². The maximum atomic E-state index is 13.9. The summed E-state index contributed by atoms with van der Waals surface area (Å²) < 4.78 is 17.0. The van der Waals surface area contributed by atoms with E-state index in [2.05, 4.69) is 10.6 Å². The minimum absolute atomic E-state index is 0.0289. The third-order valence-electron chi connectivity index (χ3n) is 7.85. The second kappa shape index (κ2) is 14.7. The largest absolute Gasteiger partial charge is 0.496 e. The van der Waals surface area contributed by atoms with Gasteiger partial charge >= 0.3 is 0 Å². The highest BCUT2D eigenvalue weighted by Crippen LogP contribution is 2.35. The van der Waals surface area contributed by atoms with Crippen LogP contribution < -0.4 is 24.8 Å². The number of benzene rings is 3. The monoisotopic (exact) mass is 659 g/mol. The molecule has 0 bridgehead atoms. The number of hydrogen-bond acceptors (Lipinski definition) is 6. The van der Waals surface area contributed by atoms with E-state index in [-0.39, 0.29) is 42.1 Å². The lowest BCUT2D eigenvalue weighted by atomic mass is 9.91. The summed E-state index contributed by atoms with van der Waals surface area (Å²) in [7, 11) is 1.64. The van der Waals surface area contributed by atoms with Crippen molar-refractivity contribution < 1.29 is 23.8 Å². The first kappa shape index (κ1) is 32.2. The molecule has 3 aromatic rings. The Morgan fingerprint density at radius 3 is 2.39 bits per heavy atom. The fraction of sp³-hybridized carbons (Fsp3) is 0.394. The summed E-state index contributed by atoms with van der Waals surface area (Å²) in [6.07, 6.45) is 2.58. The lowest BCUT2D eigenvalue weighted by molar-refractivity contribution is -0.138. The summed E-state index contributed by atoms with van der Waals surface area (Å²) in [5.41, 5.74) is 2.21. The van der Waals surface area contributed by atoms with E-state index >= 15 is 0 Å². The van der Waals surface area contributed by atoms with Crippen molar-refractivity contribution in [2.75, 3.05) is 33.4 Å². The number of methoxy groups -OCH3 is 1. The molecule has 1 aliphatic carbocycles. The van der Waals surface area contributed by atoms with Crippen LogP contribution in [0.15, 0.2) is 54.6 Å². The fourth-order valence-corrected chi connectivity index (χ4v) is 6.40. The number of halogens is 3. The number of carbonyl (C=O) groups is 2. The van der Waals surface area contributed by atoms with Gasteiger partial charge in [0.05, 0.1) is 33.7 Å². The summed E-state index contributed by atoms with van der Waals surface area (Å²) >= 11 is 19.0. The maximum absolute atomic E-state index is 13.9. The Morgan fingerprint density at radius 2 is 1.68 bits per heavy atom. The number of piperidine rings is 1. The number of rotatable bonds is 12. The molecule has 2 fully saturated rings. The predicted octanol–water partition coefficient (Wildman–Crippen LogP) is 6.32. The molecule has 8 nitrogen and oxygen atoms in total. The SMILES string of the molecule is COc1ccccc1CN(C(=O)C1CNCCC1NC(=O)c1ccc(OCCOc2c(Cl)cc(C)cc2Cl)cc1Cl)C1CC1. The van der Waals surface area contributed by atoms with Gasteiger partial charge in [0.25, 0.3) is 5.91 Å². The molecule has 5 rings (SSSR count). The van der Waals surface area contributed by atoms with Crippen molar-refractivity contribution in [3.8, 4) is 17.2 Å². The Kier molecular flexibility index (Phi) is 10.8. The van der Waals surface area contributed by atoms with E-state index in [1.807, 2.05) is 36.1 Å². The first-order chi connectivity index (χ1) is 21.2. The van der Waals surface area contributed by atoms with Gasteiger partial charge in [0.1, 0.15) is 24.7 Å². The van der Waals surface area contributed by atoms with Gasteiger partial charge in [0.2, 0.25) is 5.91 Å². The van der Waals surface area contributed by atoms with Crippen LogP contribution in [0.3, 0.4) is 0 Å². The van der Waals surface area contributed by atoms with Crippen molar-refractivity contribution in [3.05, 3.63) is 86.4 Å². The molecule has 2 N–H and O–H groups in total. The fourth-order valence-electron chi connectivity index (χ4n) is 5.44. The van der Waals surface area contributed by atoms with Crippen LogP contribution in [-0.2, 0) is 11.3 Å². The summed E-state index contributed by atoms with van der Waals surface area (Å²) in [6, 6.07) is 16.1. The minimum atomic E-state index is -0.403. The normalized spacial score (nSPS) is 17.9. The summed E-state index contributed by atoms with van der Waals surface area (Å²) in [6.45, 7) is 3.98. The van der Waals surface area contributed by atoms with Crippen LogP contribution in [0.25, 0.3) is 0 Å². The average Bonchev–Trinajstić information content (AvgIpc) is 3.84. The molecule has 1 heterocycles. The number of ether oxygens (including phenoxy) is 3. The Bertz CT molecular complexity index is 1480. The van der Waals surface area contributed by atoms with E-state index in [0.717, 1.165) is 29.7 Å². The Labute approximate surface area is 272 Å². The van der Waals surface area contributed by atoms with Gasteiger partial charge in [-0.2, -0.15) is 0 Å². The van der Waals surface area contributed by atoms with Gasteiger partial charge < -0.3 is 29.7 Å². The van der Waals surface area contributed by atoms with Crippen molar-refractivity contribution in [1.82, 2.24) is 15.5 Å². The van der Waals surface area contributed by atoms with Crippen LogP contribution in [0.2, 0.25) is 15.1 Å².